The average Bonchev–Trinajstić information content (AvgIpc) is 3.33. The summed E-state index contributed by atoms with van der Waals surface area (Å²) in [5, 5.41) is 17.5. The molecule has 0 unspecified atom stereocenters. The molecule has 2 atom stereocenters. The van der Waals surface area contributed by atoms with Crippen LogP contribution < -0.4 is 10.9 Å². The van der Waals surface area contributed by atoms with E-state index in [9.17, 15) is 14.7 Å². The fraction of sp³-hybridized carbons (Fsp3) is 0.737. The van der Waals surface area contributed by atoms with Crippen molar-refractivity contribution in [3.05, 3.63) is 21.6 Å². The maximum Gasteiger partial charge on any atom is 0.303 e. The van der Waals surface area contributed by atoms with Crippen LogP contribution in [-0.4, -0.2) is 26.9 Å². The standard InChI is InChI=1S/C19H24ClN3O3/c20-16-14(22-13-1-2-13)9-21-23(17(16)26)19-6-11-3-12(7-19)5-18(4-11,10-19)8-15(24)25/h9,11-13,22H,1-8,10H2,(H,24,25)/t11-,12-,18?,19?/m0/s1. The smallest absolute Gasteiger partial charge is 0.303 e. The third-order valence-electron chi connectivity index (χ3n) is 6.98. The number of rotatable bonds is 5. The Kier molecular flexibility index (Phi) is 3.49. The molecule has 0 aliphatic heterocycles. The maximum absolute atomic E-state index is 13.0. The van der Waals surface area contributed by atoms with Crippen LogP contribution in [-0.2, 0) is 10.3 Å². The summed E-state index contributed by atoms with van der Waals surface area (Å²) in [5.41, 5.74) is -0.155. The zero-order valence-electron chi connectivity index (χ0n) is 14.7. The summed E-state index contributed by atoms with van der Waals surface area (Å²) in [6, 6.07) is 0.405. The SMILES string of the molecule is O=C(O)CC12C[C@@H]3C[C@@H](C1)CC(n1ncc(NC4CC4)c(Cl)c1=O)(C3)C2. The Morgan fingerprint density at radius 2 is 2.00 bits per heavy atom. The normalized spacial score (nSPS) is 37.7. The van der Waals surface area contributed by atoms with Gasteiger partial charge in [0.05, 0.1) is 23.8 Å². The number of carbonyl (C=O) groups is 1. The summed E-state index contributed by atoms with van der Waals surface area (Å²) in [4.78, 5) is 24.5. The molecule has 0 spiro atoms. The number of aromatic nitrogens is 2. The predicted octanol–water partition coefficient (Wildman–Crippen LogP) is 3.24. The largest absolute Gasteiger partial charge is 0.481 e. The van der Waals surface area contributed by atoms with Crippen LogP contribution in [0, 0.1) is 17.3 Å². The molecule has 7 heteroatoms. The minimum Gasteiger partial charge on any atom is -0.481 e. The lowest BCUT2D eigenvalue weighted by Gasteiger charge is -2.61. The third-order valence-corrected chi connectivity index (χ3v) is 7.35. The van der Waals surface area contributed by atoms with Gasteiger partial charge in [0, 0.05) is 6.04 Å². The minimum atomic E-state index is -0.732. The first-order valence-corrected chi connectivity index (χ1v) is 10.0. The van der Waals surface area contributed by atoms with Crippen molar-refractivity contribution in [2.45, 2.75) is 69.4 Å². The van der Waals surface area contributed by atoms with E-state index in [1.165, 1.54) is 0 Å². The van der Waals surface area contributed by atoms with Gasteiger partial charge in [-0.25, -0.2) is 4.68 Å². The molecule has 6 nitrogen and oxygen atoms in total. The number of hydrogen-bond donors (Lipinski definition) is 2. The monoisotopic (exact) mass is 377 g/mol. The van der Waals surface area contributed by atoms with Gasteiger partial charge in [-0.15, -0.1) is 0 Å². The van der Waals surface area contributed by atoms with Crippen LogP contribution in [0.4, 0.5) is 5.69 Å². The first-order valence-electron chi connectivity index (χ1n) is 9.65. The van der Waals surface area contributed by atoms with E-state index >= 15 is 0 Å². The molecule has 6 rings (SSSR count). The zero-order chi connectivity index (χ0) is 18.1. The van der Waals surface area contributed by atoms with Crippen molar-refractivity contribution < 1.29 is 9.90 Å². The fourth-order valence-corrected chi connectivity index (χ4v) is 6.68. The van der Waals surface area contributed by atoms with Gasteiger partial charge in [0.2, 0.25) is 0 Å². The van der Waals surface area contributed by atoms with E-state index < -0.39 is 5.97 Å². The summed E-state index contributed by atoms with van der Waals surface area (Å²) in [7, 11) is 0. The summed E-state index contributed by atoms with van der Waals surface area (Å²) >= 11 is 6.40. The second-order valence-corrected chi connectivity index (χ2v) is 9.64. The van der Waals surface area contributed by atoms with Crippen LogP contribution in [0.1, 0.15) is 57.8 Å². The molecule has 4 bridgehead atoms. The molecular formula is C19H24ClN3O3. The van der Waals surface area contributed by atoms with E-state index in [2.05, 4.69) is 10.4 Å². The average molecular weight is 378 g/mol. The number of carboxylic acid groups (broad SMARTS) is 1. The van der Waals surface area contributed by atoms with E-state index in [1.54, 1.807) is 10.9 Å². The lowest BCUT2D eigenvalue weighted by molar-refractivity contribution is -0.151. The van der Waals surface area contributed by atoms with Crippen molar-refractivity contribution in [3.63, 3.8) is 0 Å². The van der Waals surface area contributed by atoms with Gasteiger partial charge in [-0.3, -0.25) is 9.59 Å². The van der Waals surface area contributed by atoms with Gasteiger partial charge in [0.25, 0.3) is 5.56 Å². The van der Waals surface area contributed by atoms with Crippen LogP contribution >= 0.6 is 11.6 Å². The lowest BCUT2D eigenvalue weighted by Crippen LogP contribution is -2.59. The van der Waals surface area contributed by atoms with E-state index in [0.717, 1.165) is 51.4 Å². The highest BCUT2D eigenvalue weighted by Crippen LogP contribution is 2.65. The quantitative estimate of drug-likeness (QED) is 0.822. The molecule has 2 N–H and O–H groups in total. The molecule has 5 fully saturated rings. The van der Waals surface area contributed by atoms with Crippen molar-refractivity contribution in [1.82, 2.24) is 9.78 Å². The van der Waals surface area contributed by atoms with Crippen molar-refractivity contribution in [2.24, 2.45) is 17.3 Å². The number of anilines is 1. The summed E-state index contributed by atoms with van der Waals surface area (Å²) in [6.07, 6.45) is 9.77. The zero-order valence-corrected chi connectivity index (χ0v) is 15.5. The molecule has 5 saturated carbocycles. The second kappa shape index (κ2) is 5.47. The molecule has 5 aliphatic carbocycles. The number of halogens is 1. The van der Waals surface area contributed by atoms with Crippen molar-refractivity contribution >= 4 is 23.3 Å². The van der Waals surface area contributed by atoms with Gasteiger partial charge < -0.3 is 10.4 Å². The van der Waals surface area contributed by atoms with E-state index in [1.807, 2.05) is 0 Å². The topological polar surface area (TPSA) is 84.2 Å². The first kappa shape index (κ1) is 16.6. The summed E-state index contributed by atoms with van der Waals surface area (Å²) in [6.45, 7) is 0. The van der Waals surface area contributed by atoms with Crippen LogP contribution in [0.15, 0.2) is 11.0 Å². The highest BCUT2D eigenvalue weighted by Gasteiger charge is 2.59. The number of aliphatic carboxylic acids is 1. The van der Waals surface area contributed by atoms with Gasteiger partial charge in [0.15, 0.2) is 0 Å². The lowest BCUT2D eigenvalue weighted by atomic mass is 9.46. The number of nitrogens with one attached hydrogen (secondary N) is 1. The third kappa shape index (κ3) is 2.56. The minimum absolute atomic E-state index is 0.186. The van der Waals surface area contributed by atoms with Crippen LogP contribution in [0.25, 0.3) is 0 Å². The van der Waals surface area contributed by atoms with Crippen LogP contribution in [0.5, 0.6) is 0 Å². The Labute approximate surface area is 156 Å². The van der Waals surface area contributed by atoms with Gasteiger partial charge in [-0.05, 0) is 68.6 Å². The Morgan fingerprint density at radius 3 is 2.62 bits per heavy atom. The maximum atomic E-state index is 13.0. The highest BCUT2D eigenvalue weighted by molar-refractivity contribution is 6.32. The molecule has 26 heavy (non-hydrogen) atoms. The Morgan fingerprint density at radius 1 is 1.31 bits per heavy atom. The molecule has 140 valence electrons. The first-order chi connectivity index (χ1) is 12.4. The summed E-state index contributed by atoms with van der Waals surface area (Å²) in [5.74, 6) is 0.254. The van der Waals surface area contributed by atoms with Gasteiger partial charge in [-0.1, -0.05) is 11.6 Å². The molecule has 1 aromatic rings. The molecule has 0 saturated heterocycles. The number of hydrogen-bond acceptors (Lipinski definition) is 4. The Hall–Kier alpha value is -1.56. The van der Waals surface area contributed by atoms with Crippen LogP contribution in [0.2, 0.25) is 5.02 Å². The van der Waals surface area contributed by atoms with Crippen LogP contribution in [0.3, 0.4) is 0 Å². The molecule has 5 aliphatic rings. The molecule has 0 aromatic carbocycles. The molecule has 1 heterocycles. The second-order valence-electron chi connectivity index (χ2n) is 9.26. The Balaban J connectivity index is 1.54. The Bertz CT molecular complexity index is 818. The van der Waals surface area contributed by atoms with Gasteiger partial charge in [-0.2, -0.15) is 5.10 Å². The molecule has 0 amide bonds. The molecule has 0 radical (unpaired) electrons. The highest BCUT2D eigenvalue weighted by atomic mass is 35.5. The summed E-state index contributed by atoms with van der Waals surface area (Å²) < 4.78 is 1.61. The number of carboxylic acids is 1. The fourth-order valence-electron chi connectivity index (χ4n) is 6.50. The van der Waals surface area contributed by atoms with Gasteiger partial charge >= 0.3 is 5.97 Å². The number of nitrogens with zero attached hydrogens (tertiary/aromatic N) is 2. The van der Waals surface area contributed by atoms with Gasteiger partial charge in [0.1, 0.15) is 5.02 Å². The predicted molar refractivity (Wildman–Crippen MR) is 97.5 cm³/mol. The van der Waals surface area contributed by atoms with Crippen molar-refractivity contribution in [1.29, 1.82) is 0 Å². The van der Waals surface area contributed by atoms with E-state index in [0.29, 0.717) is 23.6 Å². The van der Waals surface area contributed by atoms with E-state index in [-0.39, 0.29) is 28.0 Å². The van der Waals surface area contributed by atoms with Crippen molar-refractivity contribution in [3.8, 4) is 0 Å². The van der Waals surface area contributed by atoms with Crippen molar-refractivity contribution in [2.75, 3.05) is 5.32 Å². The molecule has 1 aromatic heterocycles. The molecular weight excluding hydrogens is 354 g/mol. The van der Waals surface area contributed by atoms with E-state index in [4.69, 9.17) is 11.6 Å².